The first kappa shape index (κ1) is 22.5. The first-order valence-corrected chi connectivity index (χ1v) is 11.7. The van der Waals surface area contributed by atoms with Crippen molar-refractivity contribution in [1.29, 1.82) is 0 Å². The second-order valence-electron chi connectivity index (χ2n) is 8.67. The molecule has 1 aliphatic heterocycles. The predicted molar refractivity (Wildman–Crippen MR) is 136 cm³/mol. The van der Waals surface area contributed by atoms with Crippen LogP contribution in [0, 0.1) is 5.92 Å². The Morgan fingerprint density at radius 3 is 2.34 bits per heavy atom. The number of piperidine rings is 1. The summed E-state index contributed by atoms with van der Waals surface area (Å²) in [6, 6.07) is 24.7. The maximum atomic E-state index is 13.2. The van der Waals surface area contributed by atoms with E-state index in [9.17, 15) is 9.59 Å². The molecule has 0 unspecified atom stereocenters. The van der Waals surface area contributed by atoms with E-state index >= 15 is 0 Å². The Morgan fingerprint density at radius 1 is 0.943 bits per heavy atom. The van der Waals surface area contributed by atoms with Gasteiger partial charge in [-0.2, -0.15) is 0 Å². The van der Waals surface area contributed by atoms with Crippen molar-refractivity contribution in [2.45, 2.75) is 19.4 Å². The van der Waals surface area contributed by atoms with Crippen LogP contribution in [0.15, 0.2) is 83.3 Å². The Morgan fingerprint density at radius 2 is 1.63 bits per heavy atom. The molecule has 1 aliphatic rings. The largest absolute Gasteiger partial charge is 0.489 e. The lowest BCUT2D eigenvalue weighted by molar-refractivity contribution is -0.122. The molecule has 0 saturated carbocycles. The number of benzene rings is 3. The van der Waals surface area contributed by atoms with Gasteiger partial charge in [0, 0.05) is 41.3 Å². The van der Waals surface area contributed by atoms with Gasteiger partial charge in [0.2, 0.25) is 5.91 Å². The molecular weight excluding hydrogens is 442 g/mol. The third-order valence-electron chi connectivity index (χ3n) is 6.42. The lowest BCUT2D eigenvalue weighted by Crippen LogP contribution is -2.38. The maximum absolute atomic E-state index is 13.2. The SMILES string of the molecule is NC(=O)C1CCN(c2ccc(NC(=O)c3oc4ccccc4c3COc3ccccc3)cc2)CC1. The molecule has 0 bridgehead atoms. The highest BCUT2D eigenvalue weighted by molar-refractivity contribution is 6.06. The Labute approximate surface area is 203 Å². The fraction of sp³-hybridized carbons (Fsp3) is 0.214. The molecule has 4 aromatic rings. The number of para-hydroxylation sites is 2. The number of rotatable bonds is 7. The summed E-state index contributed by atoms with van der Waals surface area (Å²) < 4.78 is 11.9. The number of nitrogens with two attached hydrogens (primary N) is 1. The molecule has 1 aromatic heterocycles. The number of nitrogens with zero attached hydrogens (tertiary/aromatic N) is 1. The van der Waals surface area contributed by atoms with Crippen molar-refractivity contribution >= 4 is 34.2 Å². The number of furan rings is 1. The van der Waals surface area contributed by atoms with Gasteiger partial charge in [-0.25, -0.2) is 0 Å². The molecule has 35 heavy (non-hydrogen) atoms. The highest BCUT2D eigenvalue weighted by Crippen LogP contribution is 2.29. The van der Waals surface area contributed by atoms with E-state index in [-0.39, 0.29) is 30.1 Å². The summed E-state index contributed by atoms with van der Waals surface area (Å²) in [7, 11) is 0. The number of primary amides is 1. The van der Waals surface area contributed by atoms with Gasteiger partial charge in [-0.05, 0) is 55.3 Å². The molecule has 2 heterocycles. The molecule has 0 radical (unpaired) electrons. The second kappa shape index (κ2) is 9.93. The van der Waals surface area contributed by atoms with E-state index in [0.29, 0.717) is 16.8 Å². The summed E-state index contributed by atoms with van der Waals surface area (Å²) in [5.74, 6) is 0.359. The number of anilines is 2. The molecule has 0 spiro atoms. The highest BCUT2D eigenvalue weighted by Gasteiger charge is 2.24. The summed E-state index contributed by atoms with van der Waals surface area (Å²) in [5, 5.41) is 3.79. The standard InChI is InChI=1S/C28H27N3O4/c29-27(32)19-14-16-31(17-15-19)21-12-10-20(11-13-21)30-28(33)26-24(18-34-22-6-2-1-3-7-22)23-8-4-5-9-25(23)35-26/h1-13,19H,14-18H2,(H2,29,32)(H,30,33). The number of ether oxygens (including phenoxy) is 1. The zero-order valence-corrected chi connectivity index (χ0v) is 19.3. The third kappa shape index (κ3) is 4.99. The number of fused-ring (bicyclic) bond motifs is 1. The molecule has 3 N–H and O–H groups in total. The van der Waals surface area contributed by atoms with Gasteiger partial charge in [0.1, 0.15) is 17.9 Å². The van der Waals surface area contributed by atoms with Crippen LogP contribution in [-0.4, -0.2) is 24.9 Å². The van der Waals surface area contributed by atoms with Gasteiger partial charge in [0.05, 0.1) is 0 Å². The normalized spacial score (nSPS) is 14.1. The van der Waals surface area contributed by atoms with E-state index in [0.717, 1.165) is 42.8 Å². The van der Waals surface area contributed by atoms with Crippen molar-refractivity contribution in [2.75, 3.05) is 23.3 Å². The number of hydrogen-bond acceptors (Lipinski definition) is 5. The van der Waals surface area contributed by atoms with Gasteiger partial charge >= 0.3 is 0 Å². The number of carbonyl (C=O) groups is 2. The van der Waals surface area contributed by atoms with E-state index in [1.807, 2.05) is 78.9 Å². The minimum atomic E-state index is -0.331. The van der Waals surface area contributed by atoms with E-state index in [2.05, 4.69) is 10.2 Å². The Bertz CT molecular complexity index is 1320. The number of amides is 2. The molecule has 178 valence electrons. The Hall–Kier alpha value is -4.26. The lowest BCUT2D eigenvalue weighted by atomic mass is 9.96. The zero-order valence-electron chi connectivity index (χ0n) is 19.3. The van der Waals surface area contributed by atoms with Gasteiger partial charge in [0.15, 0.2) is 5.76 Å². The fourth-order valence-electron chi connectivity index (χ4n) is 4.46. The van der Waals surface area contributed by atoms with Crippen molar-refractivity contribution in [3.63, 3.8) is 0 Å². The fourth-order valence-corrected chi connectivity index (χ4v) is 4.46. The third-order valence-corrected chi connectivity index (χ3v) is 6.42. The molecule has 5 rings (SSSR count). The molecule has 7 nitrogen and oxygen atoms in total. The molecule has 1 saturated heterocycles. The van der Waals surface area contributed by atoms with Crippen molar-refractivity contribution in [3.8, 4) is 5.75 Å². The molecular formula is C28H27N3O4. The first-order valence-electron chi connectivity index (χ1n) is 11.7. The van der Waals surface area contributed by atoms with Crippen LogP contribution in [0.25, 0.3) is 11.0 Å². The summed E-state index contributed by atoms with van der Waals surface area (Å²) in [5.41, 5.74) is 8.49. The maximum Gasteiger partial charge on any atom is 0.291 e. The van der Waals surface area contributed by atoms with Crippen molar-refractivity contribution in [2.24, 2.45) is 11.7 Å². The van der Waals surface area contributed by atoms with Gasteiger partial charge in [0.25, 0.3) is 5.91 Å². The van der Waals surface area contributed by atoms with Crippen LogP contribution in [0.4, 0.5) is 11.4 Å². The predicted octanol–water partition coefficient (Wildman–Crippen LogP) is 4.97. The second-order valence-corrected chi connectivity index (χ2v) is 8.67. The van der Waals surface area contributed by atoms with Crippen molar-refractivity contribution in [1.82, 2.24) is 0 Å². The minimum Gasteiger partial charge on any atom is -0.489 e. The van der Waals surface area contributed by atoms with Gasteiger partial charge in [-0.3, -0.25) is 9.59 Å². The van der Waals surface area contributed by atoms with Crippen LogP contribution in [0.5, 0.6) is 5.75 Å². The van der Waals surface area contributed by atoms with Gasteiger partial charge in [-0.1, -0.05) is 36.4 Å². The summed E-state index contributed by atoms with van der Waals surface area (Å²) >= 11 is 0. The Kier molecular flexibility index (Phi) is 6.39. The zero-order chi connectivity index (χ0) is 24.2. The van der Waals surface area contributed by atoms with E-state index in [1.54, 1.807) is 0 Å². The summed E-state index contributed by atoms with van der Waals surface area (Å²) in [6.45, 7) is 1.77. The highest BCUT2D eigenvalue weighted by atomic mass is 16.5. The van der Waals surface area contributed by atoms with E-state index in [1.165, 1.54) is 0 Å². The quantitative estimate of drug-likeness (QED) is 0.398. The van der Waals surface area contributed by atoms with Gasteiger partial charge in [-0.15, -0.1) is 0 Å². The smallest absolute Gasteiger partial charge is 0.291 e. The van der Waals surface area contributed by atoms with Crippen LogP contribution in [0.2, 0.25) is 0 Å². The van der Waals surface area contributed by atoms with Crippen molar-refractivity contribution in [3.05, 3.63) is 90.2 Å². The summed E-state index contributed by atoms with van der Waals surface area (Å²) in [4.78, 5) is 26.8. The van der Waals surface area contributed by atoms with Crippen molar-refractivity contribution < 1.29 is 18.7 Å². The van der Waals surface area contributed by atoms with E-state index in [4.69, 9.17) is 14.9 Å². The van der Waals surface area contributed by atoms with Crippen LogP contribution >= 0.6 is 0 Å². The molecule has 2 amide bonds. The number of hydrogen-bond donors (Lipinski definition) is 2. The molecule has 1 fully saturated rings. The molecule has 7 heteroatoms. The minimum absolute atomic E-state index is 0.0475. The number of nitrogens with one attached hydrogen (secondary N) is 1. The van der Waals surface area contributed by atoms with Crippen LogP contribution in [-0.2, 0) is 11.4 Å². The average molecular weight is 470 g/mol. The molecule has 3 aromatic carbocycles. The van der Waals surface area contributed by atoms with E-state index < -0.39 is 0 Å². The van der Waals surface area contributed by atoms with Crippen LogP contribution in [0.3, 0.4) is 0 Å². The number of carbonyl (C=O) groups excluding carboxylic acids is 2. The topological polar surface area (TPSA) is 97.8 Å². The monoisotopic (exact) mass is 469 g/mol. The lowest BCUT2D eigenvalue weighted by Gasteiger charge is -2.32. The first-order chi connectivity index (χ1) is 17.1. The molecule has 0 aliphatic carbocycles. The average Bonchev–Trinajstić information content (AvgIpc) is 3.27. The molecule has 0 atom stereocenters. The van der Waals surface area contributed by atoms with Crippen LogP contribution < -0.4 is 20.7 Å². The Balaban J connectivity index is 1.30. The van der Waals surface area contributed by atoms with Crippen LogP contribution in [0.1, 0.15) is 29.0 Å². The summed E-state index contributed by atoms with van der Waals surface area (Å²) in [6.07, 6.45) is 1.52. The van der Waals surface area contributed by atoms with Gasteiger partial charge < -0.3 is 25.1 Å².